The number of fused-ring (bicyclic) bond motifs is 7. The largest absolute Gasteiger partial charge is 0.456 e. The van der Waals surface area contributed by atoms with Gasteiger partial charge in [-0.25, -0.2) is 14.4 Å². The van der Waals surface area contributed by atoms with Crippen LogP contribution in [0, 0.1) is 0 Å². The number of benzene rings is 5. The van der Waals surface area contributed by atoms with Gasteiger partial charge >= 0.3 is 0 Å². The van der Waals surface area contributed by atoms with Gasteiger partial charge < -0.3 is 8.98 Å². The fourth-order valence-corrected chi connectivity index (χ4v) is 6.57. The van der Waals surface area contributed by atoms with Crippen molar-refractivity contribution in [3.05, 3.63) is 139 Å². The molecule has 0 aliphatic heterocycles. The van der Waals surface area contributed by atoms with Crippen LogP contribution in [0.4, 0.5) is 4.39 Å². The van der Waals surface area contributed by atoms with Crippen LogP contribution in [0.2, 0.25) is 0 Å². The molecule has 9 rings (SSSR count). The van der Waals surface area contributed by atoms with Gasteiger partial charge in [0.25, 0.3) is 0 Å². The highest BCUT2D eigenvalue weighted by Gasteiger charge is 2.21. The molecule has 0 saturated heterocycles. The number of furan rings is 1. The van der Waals surface area contributed by atoms with E-state index in [4.69, 9.17) is 14.4 Å². The lowest BCUT2D eigenvalue weighted by Crippen LogP contribution is -1.99. The Labute approximate surface area is 251 Å². The van der Waals surface area contributed by atoms with Crippen LogP contribution < -0.4 is 0 Å². The second-order valence-corrected chi connectivity index (χ2v) is 11.2. The van der Waals surface area contributed by atoms with Gasteiger partial charge in [-0.15, -0.1) is 0 Å². The molecule has 4 heterocycles. The average molecular weight is 573 g/mol. The van der Waals surface area contributed by atoms with Crippen molar-refractivity contribution in [3.63, 3.8) is 0 Å². The van der Waals surface area contributed by atoms with Crippen LogP contribution in [0.25, 0.3) is 72.0 Å². The van der Waals surface area contributed by atoms with Crippen LogP contribution in [-0.2, 0) is 7.05 Å². The SMILES string of the molecule is Cn1c(-c2cccc(C(F)c3ccc4c5cc6oc7ccccc7c6cc5n(-c5ccccn5)c4c3)c2)nc2ccccc21. The number of pyridine rings is 1. The van der Waals surface area contributed by atoms with Gasteiger partial charge in [0.1, 0.15) is 22.8 Å². The average Bonchev–Trinajstić information content (AvgIpc) is 3.72. The number of hydrogen-bond donors (Lipinski definition) is 0. The number of imidazole rings is 1. The molecule has 0 amide bonds. The fraction of sp³-hybridized carbons (Fsp3) is 0.0526. The molecular weight excluding hydrogens is 547 g/mol. The van der Waals surface area contributed by atoms with E-state index in [0.717, 1.165) is 72.0 Å². The zero-order valence-electron chi connectivity index (χ0n) is 23.8. The molecule has 0 radical (unpaired) electrons. The molecule has 210 valence electrons. The summed E-state index contributed by atoms with van der Waals surface area (Å²) in [6.45, 7) is 0. The van der Waals surface area contributed by atoms with E-state index in [2.05, 4.69) is 27.3 Å². The third-order valence-corrected chi connectivity index (χ3v) is 8.68. The van der Waals surface area contributed by atoms with Crippen molar-refractivity contribution in [2.24, 2.45) is 7.05 Å². The Balaban J connectivity index is 1.22. The van der Waals surface area contributed by atoms with Crippen molar-refractivity contribution in [3.8, 4) is 17.2 Å². The molecule has 1 atom stereocenters. The molecule has 5 aromatic carbocycles. The highest BCUT2D eigenvalue weighted by molar-refractivity contribution is 6.17. The van der Waals surface area contributed by atoms with Gasteiger partial charge in [-0.1, -0.05) is 66.7 Å². The first-order valence-electron chi connectivity index (χ1n) is 14.6. The number of rotatable bonds is 4. The van der Waals surface area contributed by atoms with Crippen LogP contribution in [-0.4, -0.2) is 19.1 Å². The smallest absolute Gasteiger partial charge is 0.150 e. The molecule has 0 N–H and O–H groups in total. The second kappa shape index (κ2) is 9.38. The van der Waals surface area contributed by atoms with E-state index in [1.807, 2.05) is 110 Å². The molecule has 44 heavy (non-hydrogen) atoms. The summed E-state index contributed by atoms with van der Waals surface area (Å²) >= 11 is 0. The molecular formula is C38H25FN4O. The van der Waals surface area contributed by atoms with Crippen LogP contribution in [0.1, 0.15) is 17.3 Å². The fourth-order valence-electron chi connectivity index (χ4n) is 6.57. The van der Waals surface area contributed by atoms with Gasteiger partial charge in [0.05, 0.1) is 22.1 Å². The van der Waals surface area contributed by atoms with Gasteiger partial charge in [-0.3, -0.25) is 4.57 Å². The first-order chi connectivity index (χ1) is 21.6. The van der Waals surface area contributed by atoms with E-state index in [0.29, 0.717) is 11.1 Å². The number of alkyl halides is 1. The molecule has 0 fully saturated rings. The van der Waals surface area contributed by atoms with Gasteiger partial charge in [0.15, 0.2) is 6.17 Å². The molecule has 0 aliphatic rings. The highest BCUT2D eigenvalue weighted by atomic mass is 19.1. The Hall–Kier alpha value is -5.75. The standard InChI is InChI=1S/C38H25FN4O/c1-42-31-13-4-3-12-30(31)41-38(42)25-10-8-9-23(19-25)37(39)24-16-17-26-28-22-35-29(27-11-2-5-14-34(27)44-35)21-33(28)43(32(26)20-24)36-15-6-7-18-40-36/h2-22,37H,1H3. The van der Waals surface area contributed by atoms with Crippen molar-refractivity contribution in [2.75, 3.05) is 0 Å². The van der Waals surface area contributed by atoms with E-state index >= 15 is 4.39 Å². The lowest BCUT2D eigenvalue weighted by Gasteiger charge is -2.12. The lowest BCUT2D eigenvalue weighted by atomic mass is 9.99. The Bertz CT molecular complexity index is 2540. The predicted molar refractivity (Wildman–Crippen MR) is 175 cm³/mol. The summed E-state index contributed by atoms with van der Waals surface area (Å²) in [5.41, 5.74) is 7.56. The van der Waals surface area contributed by atoms with Crippen LogP contribution >= 0.6 is 0 Å². The molecule has 0 saturated carbocycles. The minimum atomic E-state index is -1.33. The Kier molecular flexibility index (Phi) is 5.29. The third-order valence-electron chi connectivity index (χ3n) is 8.68. The van der Waals surface area contributed by atoms with Gasteiger partial charge in [0.2, 0.25) is 0 Å². The number of aryl methyl sites for hydroxylation is 1. The van der Waals surface area contributed by atoms with Crippen molar-refractivity contribution in [2.45, 2.75) is 6.17 Å². The molecule has 9 aromatic rings. The minimum Gasteiger partial charge on any atom is -0.456 e. The van der Waals surface area contributed by atoms with Gasteiger partial charge in [-0.2, -0.15) is 0 Å². The zero-order valence-corrected chi connectivity index (χ0v) is 23.8. The Morgan fingerprint density at radius 2 is 1.45 bits per heavy atom. The maximum Gasteiger partial charge on any atom is 0.150 e. The quantitative estimate of drug-likeness (QED) is 0.211. The first-order valence-corrected chi connectivity index (χ1v) is 14.6. The number of halogens is 1. The van der Waals surface area contributed by atoms with E-state index in [9.17, 15) is 0 Å². The van der Waals surface area contributed by atoms with E-state index in [1.165, 1.54) is 0 Å². The number of hydrogen-bond acceptors (Lipinski definition) is 3. The van der Waals surface area contributed by atoms with Gasteiger partial charge in [-0.05, 0) is 65.7 Å². The van der Waals surface area contributed by atoms with Crippen LogP contribution in [0.5, 0.6) is 0 Å². The molecule has 4 aromatic heterocycles. The maximum atomic E-state index is 16.5. The van der Waals surface area contributed by atoms with E-state index in [1.54, 1.807) is 6.20 Å². The number of para-hydroxylation sites is 3. The molecule has 5 nitrogen and oxygen atoms in total. The molecule has 0 bridgehead atoms. The summed E-state index contributed by atoms with van der Waals surface area (Å²) in [6.07, 6.45) is 0.456. The van der Waals surface area contributed by atoms with Crippen molar-refractivity contribution in [1.82, 2.24) is 19.1 Å². The Morgan fingerprint density at radius 1 is 0.636 bits per heavy atom. The molecule has 0 spiro atoms. The molecule has 6 heteroatoms. The first kappa shape index (κ1) is 24.8. The highest BCUT2D eigenvalue weighted by Crippen LogP contribution is 2.40. The van der Waals surface area contributed by atoms with Crippen molar-refractivity contribution in [1.29, 1.82) is 0 Å². The van der Waals surface area contributed by atoms with Crippen LogP contribution in [0.3, 0.4) is 0 Å². The molecule has 0 aliphatic carbocycles. The summed E-state index contributed by atoms with van der Waals surface area (Å²) < 4.78 is 26.9. The normalized spacial score (nSPS) is 12.7. The van der Waals surface area contributed by atoms with Crippen LogP contribution in [0.15, 0.2) is 132 Å². The Morgan fingerprint density at radius 3 is 2.34 bits per heavy atom. The number of aromatic nitrogens is 4. The van der Waals surface area contributed by atoms with Crippen molar-refractivity contribution >= 4 is 54.8 Å². The summed E-state index contributed by atoms with van der Waals surface area (Å²) in [4.78, 5) is 9.52. The summed E-state index contributed by atoms with van der Waals surface area (Å²) in [6, 6.07) is 39.7. The number of nitrogens with zero attached hydrogens (tertiary/aromatic N) is 4. The monoisotopic (exact) mass is 572 g/mol. The predicted octanol–water partition coefficient (Wildman–Crippen LogP) is 9.69. The lowest BCUT2D eigenvalue weighted by molar-refractivity contribution is 0.402. The minimum absolute atomic E-state index is 0.578. The topological polar surface area (TPSA) is 48.8 Å². The third kappa shape index (κ3) is 3.64. The zero-order chi connectivity index (χ0) is 29.4. The summed E-state index contributed by atoms with van der Waals surface area (Å²) in [7, 11) is 1.99. The second-order valence-electron chi connectivity index (χ2n) is 11.2. The van der Waals surface area contributed by atoms with Crippen molar-refractivity contribution < 1.29 is 8.81 Å². The van der Waals surface area contributed by atoms with E-state index in [-0.39, 0.29) is 0 Å². The van der Waals surface area contributed by atoms with Gasteiger partial charge in [0, 0.05) is 40.4 Å². The maximum absolute atomic E-state index is 16.5. The summed E-state index contributed by atoms with van der Waals surface area (Å²) in [5.74, 6) is 1.58. The molecule has 1 unspecified atom stereocenters. The van der Waals surface area contributed by atoms with E-state index < -0.39 is 6.17 Å². The summed E-state index contributed by atoms with van der Waals surface area (Å²) in [5, 5.41) is 4.14.